The van der Waals surface area contributed by atoms with Crippen LogP contribution in [0.3, 0.4) is 0 Å². The first kappa shape index (κ1) is 15.3. The van der Waals surface area contributed by atoms with E-state index in [-0.39, 0.29) is 5.43 Å². The predicted molar refractivity (Wildman–Crippen MR) is 97.9 cm³/mol. The molecule has 0 fully saturated rings. The summed E-state index contributed by atoms with van der Waals surface area (Å²) in [5.41, 5.74) is 1.88. The Bertz CT molecular complexity index is 1110. The fourth-order valence-corrected chi connectivity index (χ4v) is 3.19. The maximum atomic E-state index is 13.3. The highest BCUT2D eigenvalue weighted by Gasteiger charge is 2.17. The Morgan fingerprint density at radius 2 is 2.12 bits per heavy atom. The minimum absolute atomic E-state index is 0.0581. The molecule has 0 aliphatic carbocycles. The number of benzene rings is 2. The molecule has 0 saturated carbocycles. The Kier molecular flexibility index (Phi) is 3.70. The summed E-state index contributed by atoms with van der Waals surface area (Å²) in [7, 11) is 1.92. The lowest BCUT2D eigenvalue weighted by atomic mass is 10.0. The van der Waals surface area contributed by atoms with Gasteiger partial charge in [0.25, 0.3) is 0 Å². The molecule has 0 saturated heterocycles. The minimum Gasteiger partial charge on any atom is -0.491 e. The van der Waals surface area contributed by atoms with Gasteiger partial charge in [0.15, 0.2) is 5.43 Å². The lowest BCUT2D eigenvalue weighted by Crippen LogP contribution is -2.12. The number of fused-ring (bicyclic) bond motifs is 3. The molecular formula is C21H17NO3. The zero-order chi connectivity index (χ0) is 17.4. The number of pyridine rings is 1. The molecule has 4 aromatic rings. The van der Waals surface area contributed by atoms with Gasteiger partial charge in [-0.25, -0.2) is 0 Å². The van der Waals surface area contributed by atoms with Gasteiger partial charge >= 0.3 is 0 Å². The molecule has 0 aliphatic rings. The van der Waals surface area contributed by atoms with Gasteiger partial charge in [0, 0.05) is 13.2 Å². The monoisotopic (exact) mass is 331 g/mol. The van der Waals surface area contributed by atoms with Crippen molar-refractivity contribution in [2.24, 2.45) is 7.05 Å². The molecule has 2 heterocycles. The van der Waals surface area contributed by atoms with Gasteiger partial charge in [-0.3, -0.25) is 4.79 Å². The number of aryl methyl sites for hydroxylation is 1. The van der Waals surface area contributed by atoms with Crippen molar-refractivity contribution in [2.45, 2.75) is 13.3 Å². The third-order valence-electron chi connectivity index (χ3n) is 4.31. The molecule has 0 radical (unpaired) electrons. The van der Waals surface area contributed by atoms with Gasteiger partial charge in [0.2, 0.25) is 0 Å². The summed E-state index contributed by atoms with van der Waals surface area (Å²) in [5.74, 6) is 0.726. The van der Waals surface area contributed by atoms with Gasteiger partial charge in [-0.2, -0.15) is 0 Å². The zero-order valence-electron chi connectivity index (χ0n) is 14.1. The van der Waals surface area contributed by atoms with Crippen LogP contribution in [0.25, 0.3) is 32.8 Å². The summed E-state index contributed by atoms with van der Waals surface area (Å²) in [6, 6.07) is 12.7. The summed E-state index contributed by atoms with van der Waals surface area (Å²) in [6.07, 6.45) is 6.72. The van der Waals surface area contributed by atoms with Crippen molar-refractivity contribution in [1.82, 2.24) is 4.57 Å². The second-order valence-corrected chi connectivity index (χ2v) is 6.03. The standard InChI is InChI=1S/C21H17NO3/c1-3-9-25-18-11-14-6-4-5-7-16(14)19-20(18)22(2)12-17(21(19)23)15-8-10-24-13-15/h4-7,11-13H,3,9H2,1-2H3. The van der Waals surface area contributed by atoms with Crippen molar-refractivity contribution in [1.29, 1.82) is 0 Å². The van der Waals surface area contributed by atoms with Crippen molar-refractivity contribution in [3.8, 4) is 16.9 Å². The lowest BCUT2D eigenvalue weighted by Gasteiger charge is -2.15. The van der Waals surface area contributed by atoms with Crippen LogP contribution in [-0.4, -0.2) is 11.2 Å². The average molecular weight is 331 g/mol. The molecule has 25 heavy (non-hydrogen) atoms. The molecule has 4 rings (SSSR count). The molecule has 0 spiro atoms. The summed E-state index contributed by atoms with van der Waals surface area (Å²) in [6.45, 7) is 2.67. The normalized spacial score (nSPS) is 11.0. The second kappa shape index (κ2) is 6.03. The third kappa shape index (κ3) is 2.45. The minimum atomic E-state index is -0.0581. The molecule has 0 atom stereocenters. The van der Waals surface area contributed by atoms with Crippen LogP contribution in [0, 0.1) is 12.3 Å². The van der Waals surface area contributed by atoms with Crippen LogP contribution in [0.1, 0.15) is 13.3 Å². The number of ether oxygens (including phenoxy) is 1. The topological polar surface area (TPSA) is 44.4 Å². The van der Waals surface area contributed by atoms with Gasteiger partial charge in [0.1, 0.15) is 18.3 Å². The molecule has 0 amide bonds. The third-order valence-corrected chi connectivity index (χ3v) is 4.31. The van der Waals surface area contributed by atoms with Crippen LogP contribution in [0.15, 0.2) is 52.0 Å². The first-order valence-corrected chi connectivity index (χ1v) is 8.25. The van der Waals surface area contributed by atoms with Crippen LogP contribution >= 0.6 is 0 Å². The van der Waals surface area contributed by atoms with E-state index in [9.17, 15) is 4.79 Å². The Morgan fingerprint density at radius 3 is 2.88 bits per heavy atom. The summed E-state index contributed by atoms with van der Waals surface area (Å²) >= 11 is 0. The fourth-order valence-electron chi connectivity index (χ4n) is 3.19. The summed E-state index contributed by atoms with van der Waals surface area (Å²) in [4.78, 5) is 13.3. The van der Waals surface area contributed by atoms with Gasteiger partial charge in [-0.05, 0) is 29.3 Å². The SMILES string of the molecule is CCCOc1cc2ccccc2c2c(=O)c(-c3c#coc3)cn(C)c12. The number of aromatic nitrogens is 1. The van der Waals surface area contributed by atoms with Crippen LogP contribution in [0.4, 0.5) is 0 Å². The van der Waals surface area contributed by atoms with Crippen molar-refractivity contribution in [3.63, 3.8) is 0 Å². The van der Waals surface area contributed by atoms with E-state index in [1.54, 1.807) is 6.20 Å². The van der Waals surface area contributed by atoms with Gasteiger partial charge in [-0.1, -0.05) is 31.2 Å². The quantitative estimate of drug-likeness (QED) is 0.523. The van der Waals surface area contributed by atoms with Crippen molar-refractivity contribution in [2.75, 3.05) is 6.61 Å². The first-order chi connectivity index (χ1) is 12.2. The highest BCUT2D eigenvalue weighted by atomic mass is 16.5. The lowest BCUT2D eigenvalue weighted by molar-refractivity contribution is 0.320. The van der Waals surface area contributed by atoms with E-state index in [0.717, 1.165) is 28.5 Å². The molecule has 0 unspecified atom stereocenters. The van der Waals surface area contributed by atoms with E-state index in [2.05, 4.69) is 19.3 Å². The van der Waals surface area contributed by atoms with Crippen LogP contribution in [0.5, 0.6) is 5.75 Å². The molecule has 2 aromatic carbocycles. The Morgan fingerprint density at radius 1 is 1.28 bits per heavy atom. The Hall–Kier alpha value is -3.19. The van der Waals surface area contributed by atoms with Gasteiger partial charge < -0.3 is 13.7 Å². The van der Waals surface area contributed by atoms with E-state index in [1.807, 2.05) is 41.9 Å². The van der Waals surface area contributed by atoms with Crippen LogP contribution in [-0.2, 0) is 7.05 Å². The fraction of sp³-hybridized carbons (Fsp3) is 0.190. The smallest absolute Gasteiger partial charge is 0.198 e. The average Bonchev–Trinajstić information content (AvgIpc) is 3.16. The summed E-state index contributed by atoms with van der Waals surface area (Å²) in [5, 5.41) is 2.55. The van der Waals surface area contributed by atoms with E-state index < -0.39 is 0 Å². The Balaban J connectivity index is 2.15. The Labute approximate surface area is 145 Å². The first-order valence-electron chi connectivity index (χ1n) is 8.25. The van der Waals surface area contributed by atoms with Crippen LogP contribution < -0.4 is 10.2 Å². The van der Waals surface area contributed by atoms with E-state index in [1.165, 1.54) is 6.26 Å². The van der Waals surface area contributed by atoms with Crippen molar-refractivity contribution < 1.29 is 9.15 Å². The van der Waals surface area contributed by atoms with Crippen molar-refractivity contribution >= 4 is 21.7 Å². The molecule has 2 aromatic heterocycles. The highest BCUT2D eigenvalue weighted by molar-refractivity contribution is 6.09. The maximum Gasteiger partial charge on any atom is 0.198 e. The molecule has 0 N–H and O–H groups in total. The van der Waals surface area contributed by atoms with E-state index in [0.29, 0.717) is 23.1 Å². The summed E-state index contributed by atoms with van der Waals surface area (Å²) < 4.78 is 12.9. The second-order valence-electron chi connectivity index (χ2n) is 6.03. The number of rotatable bonds is 4. The van der Waals surface area contributed by atoms with Gasteiger partial charge in [-0.15, -0.1) is 0 Å². The maximum absolute atomic E-state index is 13.3. The largest absolute Gasteiger partial charge is 0.491 e. The predicted octanol–water partition coefficient (Wildman–Crippen LogP) is 4.34. The molecule has 4 nitrogen and oxygen atoms in total. The zero-order valence-corrected chi connectivity index (χ0v) is 14.1. The number of hydrogen-bond donors (Lipinski definition) is 0. The highest BCUT2D eigenvalue weighted by Crippen LogP contribution is 2.33. The molecule has 4 heteroatoms. The van der Waals surface area contributed by atoms with Crippen molar-refractivity contribution in [3.05, 3.63) is 65.3 Å². The van der Waals surface area contributed by atoms with Gasteiger partial charge in [0.05, 0.1) is 28.6 Å². The number of hydrogen-bond acceptors (Lipinski definition) is 3. The van der Waals surface area contributed by atoms with E-state index in [4.69, 9.17) is 9.15 Å². The number of nitrogens with zero attached hydrogens (tertiary/aromatic N) is 1. The molecule has 124 valence electrons. The molecule has 0 aliphatic heterocycles. The molecular weight excluding hydrogens is 314 g/mol. The molecule has 0 bridgehead atoms. The van der Waals surface area contributed by atoms with E-state index >= 15 is 0 Å². The van der Waals surface area contributed by atoms with Crippen LogP contribution in [0.2, 0.25) is 0 Å².